The molecule has 1 aromatic carbocycles. The van der Waals surface area contributed by atoms with Gasteiger partial charge in [-0.05, 0) is 37.6 Å². The van der Waals surface area contributed by atoms with E-state index in [4.69, 9.17) is 9.72 Å². The van der Waals surface area contributed by atoms with Crippen molar-refractivity contribution in [1.29, 1.82) is 0 Å². The van der Waals surface area contributed by atoms with Gasteiger partial charge in [-0.15, -0.1) is 11.3 Å². The Kier molecular flexibility index (Phi) is 3.85. The average molecular weight is 351 g/mol. The normalized spacial score (nSPS) is 11.0. The molecule has 0 atom stereocenters. The number of nitrogens with one attached hydrogen (secondary N) is 1. The van der Waals surface area contributed by atoms with Crippen LogP contribution in [-0.2, 0) is 0 Å². The van der Waals surface area contributed by atoms with Crippen molar-refractivity contribution in [1.82, 2.24) is 19.4 Å². The third kappa shape index (κ3) is 2.83. The van der Waals surface area contributed by atoms with Crippen LogP contribution >= 0.6 is 11.3 Å². The lowest BCUT2D eigenvalue weighted by molar-refractivity contribution is 0.416. The van der Waals surface area contributed by atoms with Crippen molar-refractivity contribution in [3.8, 4) is 17.1 Å². The summed E-state index contributed by atoms with van der Waals surface area (Å²) < 4.78 is 7.41. The van der Waals surface area contributed by atoms with Crippen LogP contribution in [0.4, 0.5) is 10.8 Å². The standard InChI is InChI=1S/C18H17N5OS/c1-11-5-6-13(15(9-11)24-3)21-18-22-14(10-25-18)16-12(2)20-17-19-7-4-8-23(16)17/h4-10H,1-3H3,(H,21,22). The predicted octanol–water partition coefficient (Wildman–Crippen LogP) is 4.22. The Morgan fingerprint density at radius 1 is 1.20 bits per heavy atom. The maximum absolute atomic E-state index is 5.45. The molecule has 0 saturated carbocycles. The Labute approximate surface area is 149 Å². The van der Waals surface area contributed by atoms with Gasteiger partial charge in [0.05, 0.1) is 24.2 Å². The Morgan fingerprint density at radius 2 is 2.08 bits per heavy atom. The number of thiazole rings is 1. The molecule has 3 aromatic heterocycles. The molecule has 0 aliphatic heterocycles. The summed E-state index contributed by atoms with van der Waals surface area (Å²) in [5, 5.41) is 6.16. The number of aromatic nitrogens is 4. The van der Waals surface area contributed by atoms with E-state index in [9.17, 15) is 0 Å². The number of benzene rings is 1. The zero-order valence-electron chi connectivity index (χ0n) is 14.1. The van der Waals surface area contributed by atoms with E-state index in [1.165, 1.54) is 0 Å². The fourth-order valence-electron chi connectivity index (χ4n) is 2.76. The second-order valence-corrected chi connectivity index (χ2v) is 6.56. The van der Waals surface area contributed by atoms with E-state index < -0.39 is 0 Å². The molecule has 0 spiro atoms. The zero-order chi connectivity index (χ0) is 17.4. The van der Waals surface area contributed by atoms with Crippen LogP contribution in [0.5, 0.6) is 5.75 Å². The monoisotopic (exact) mass is 351 g/mol. The van der Waals surface area contributed by atoms with Crippen molar-refractivity contribution >= 4 is 27.9 Å². The lowest BCUT2D eigenvalue weighted by atomic mass is 10.2. The smallest absolute Gasteiger partial charge is 0.234 e. The van der Waals surface area contributed by atoms with Gasteiger partial charge in [-0.2, -0.15) is 0 Å². The number of fused-ring (bicyclic) bond motifs is 1. The van der Waals surface area contributed by atoms with Gasteiger partial charge in [0.15, 0.2) is 5.13 Å². The van der Waals surface area contributed by atoms with E-state index in [1.54, 1.807) is 24.6 Å². The van der Waals surface area contributed by atoms with Crippen molar-refractivity contribution in [3.63, 3.8) is 0 Å². The summed E-state index contributed by atoms with van der Waals surface area (Å²) in [7, 11) is 1.67. The summed E-state index contributed by atoms with van der Waals surface area (Å²) in [4.78, 5) is 13.5. The fourth-order valence-corrected chi connectivity index (χ4v) is 3.47. The van der Waals surface area contributed by atoms with Crippen LogP contribution in [0, 0.1) is 13.8 Å². The highest BCUT2D eigenvalue weighted by atomic mass is 32.1. The fraction of sp³-hybridized carbons (Fsp3) is 0.167. The van der Waals surface area contributed by atoms with Crippen molar-refractivity contribution in [2.45, 2.75) is 13.8 Å². The Morgan fingerprint density at radius 3 is 2.92 bits per heavy atom. The Bertz CT molecular complexity index is 1050. The van der Waals surface area contributed by atoms with Gasteiger partial charge in [0.2, 0.25) is 5.78 Å². The first-order chi connectivity index (χ1) is 12.2. The molecule has 0 bridgehead atoms. The van der Waals surface area contributed by atoms with Gasteiger partial charge in [-0.3, -0.25) is 4.40 Å². The summed E-state index contributed by atoms with van der Waals surface area (Å²) in [5.74, 6) is 1.48. The van der Waals surface area contributed by atoms with Gasteiger partial charge < -0.3 is 10.1 Å². The molecule has 0 radical (unpaired) electrons. The third-order valence-corrected chi connectivity index (χ3v) is 4.68. The van der Waals surface area contributed by atoms with E-state index in [2.05, 4.69) is 15.3 Å². The highest BCUT2D eigenvalue weighted by molar-refractivity contribution is 7.14. The molecule has 4 rings (SSSR count). The highest BCUT2D eigenvalue weighted by Crippen LogP contribution is 2.32. The number of ether oxygens (including phenoxy) is 1. The minimum Gasteiger partial charge on any atom is -0.495 e. The Balaban J connectivity index is 1.70. The average Bonchev–Trinajstić information content (AvgIpc) is 3.19. The maximum atomic E-state index is 5.45. The van der Waals surface area contributed by atoms with Crippen LogP contribution in [0.25, 0.3) is 17.2 Å². The molecular formula is C18H17N5OS. The first-order valence-electron chi connectivity index (χ1n) is 7.83. The van der Waals surface area contributed by atoms with Crippen LogP contribution in [0.3, 0.4) is 0 Å². The molecule has 0 aliphatic rings. The summed E-state index contributed by atoms with van der Waals surface area (Å²) in [5.41, 5.74) is 4.78. The minimum absolute atomic E-state index is 0.678. The molecular weight excluding hydrogens is 334 g/mol. The molecule has 7 heteroatoms. The van der Waals surface area contributed by atoms with E-state index >= 15 is 0 Å². The molecule has 1 N–H and O–H groups in total. The summed E-state index contributed by atoms with van der Waals surface area (Å²) in [6.45, 7) is 4.01. The maximum Gasteiger partial charge on any atom is 0.234 e. The molecule has 0 aliphatic carbocycles. The van der Waals surface area contributed by atoms with Gasteiger partial charge in [0.25, 0.3) is 0 Å². The minimum atomic E-state index is 0.678. The lowest BCUT2D eigenvalue weighted by Gasteiger charge is -2.09. The van der Waals surface area contributed by atoms with Crippen LogP contribution in [-0.4, -0.2) is 26.5 Å². The van der Waals surface area contributed by atoms with Gasteiger partial charge in [0.1, 0.15) is 11.4 Å². The number of anilines is 2. The second-order valence-electron chi connectivity index (χ2n) is 5.70. The molecule has 25 heavy (non-hydrogen) atoms. The van der Waals surface area contributed by atoms with Crippen molar-refractivity contribution in [2.75, 3.05) is 12.4 Å². The molecule has 6 nitrogen and oxygen atoms in total. The first kappa shape index (κ1) is 15.6. The number of imidazole rings is 1. The number of nitrogens with zero attached hydrogens (tertiary/aromatic N) is 4. The first-order valence-corrected chi connectivity index (χ1v) is 8.71. The molecule has 3 heterocycles. The zero-order valence-corrected chi connectivity index (χ0v) is 15.0. The quantitative estimate of drug-likeness (QED) is 0.596. The molecule has 0 saturated heterocycles. The molecule has 0 fully saturated rings. The van der Waals surface area contributed by atoms with Gasteiger partial charge in [-0.25, -0.2) is 15.0 Å². The number of rotatable bonds is 4. The van der Waals surface area contributed by atoms with Crippen LogP contribution in [0.1, 0.15) is 11.3 Å². The Hall–Kier alpha value is -2.93. The summed E-state index contributed by atoms with van der Waals surface area (Å²) in [6.07, 6.45) is 3.69. The molecule has 4 aromatic rings. The van der Waals surface area contributed by atoms with Crippen molar-refractivity contribution < 1.29 is 4.74 Å². The second kappa shape index (κ2) is 6.18. The van der Waals surface area contributed by atoms with Gasteiger partial charge in [-0.1, -0.05) is 6.07 Å². The van der Waals surface area contributed by atoms with Crippen molar-refractivity contribution in [2.24, 2.45) is 0 Å². The van der Waals surface area contributed by atoms with E-state index in [1.807, 2.05) is 54.1 Å². The predicted molar refractivity (Wildman–Crippen MR) is 99.8 cm³/mol. The molecule has 126 valence electrons. The van der Waals surface area contributed by atoms with Crippen LogP contribution in [0.2, 0.25) is 0 Å². The largest absolute Gasteiger partial charge is 0.495 e. The van der Waals surface area contributed by atoms with Crippen molar-refractivity contribution in [3.05, 3.63) is 53.3 Å². The number of aryl methyl sites for hydroxylation is 2. The lowest BCUT2D eigenvalue weighted by Crippen LogP contribution is -1.95. The van der Waals surface area contributed by atoms with E-state index in [0.29, 0.717) is 5.78 Å². The number of hydrogen-bond donors (Lipinski definition) is 1. The topological polar surface area (TPSA) is 64.3 Å². The third-order valence-electron chi connectivity index (χ3n) is 3.92. The summed E-state index contributed by atoms with van der Waals surface area (Å²) in [6, 6.07) is 7.93. The molecule has 0 unspecified atom stereocenters. The van der Waals surface area contributed by atoms with Crippen LogP contribution in [0.15, 0.2) is 42.0 Å². The molecule has 0 amide bonds. The van der Waals surface area contributed by atoms with Gasteiger partial charge >= 0.3 is 0 Å². The summed E-state index contributed by atoms with van der Waals surface area (Å²) >= 11 is 1.54. The van der Waals surface area contributed by atoms with Crippen LogP contribution < -0.4 is 10.1 Å². The highest BCUT2D eigenvalue weighted by Gasteiger charge is 2.15. The van der Waals surface area contributed by atoms with E-state index in [-0.39, 0.29) is 0 Å². The SMILES string of the molecule is COc1cc(C)ccc1Nc1nc(-c2c(C)nc3ncccn23)cs1. The van der Waals surface area contributed by atoms with E-state index in [0.717, 1.165) is 39.2 Å². The van der Waals surface area contributed by atoms with Gasteiger partial charge in [0, 0.05) is 17.8 Å². The number of methoxy groups -OCH3 is 1. The number of hydrogen-bond acceptors (Lipinski definition) is 6.